The van der Waals surface area contributed by atoms with Crippen LogP contribution in [0.15, 0.2) is 12.2 Å². The fourth-order valence-corrected chi connectivity index (χ4v) is 2.09. The minimum atomic E-state index is -0.610. The van der Waals surface area contributed by atoms with E-state index in [9.17, 15) is 4.79 Å². The smallest absolute Gasteiger partial charge is 0.295 e. The Balaban J connectivity index is -0.000000845. The molecule has 0 unspecified atom stereocenters. The molecule has 0 aromatic carbocycles. The van der Waals surface area contributed by atoms with E-state index in [-0.39, 0.29) is 26.7 Å². The van der Waals surface area contributed by atoms with Gasteiger partial charge in [0.2, 0.25) is 9.76 Å². The van der Waals surface area contributed by atoms with Crippen molar-refractivity contribution < 1.29 is 9.22 Å². The van der Waals surface area contributed by atoms with Crippen molar-refractivity contribution >= 4 is 15.7 Å². The molecule has 0 N–H and O–H groups in total. The highest BCUT2D eigenvalue weighted by molar-refractivity contribution is 6.28. The number of rotatable bonds is 6. The first kappa shape index (κ1) is 20.8. The molecule has 0 aromatic rings. The quantitative estimate of drug-likeness (QED) is 0.529. The van der Waals surface area contributed by atoms with Gasteiger partial charge in [-0.3, -0.25) is 4.79 Å². The van der Waals surface area contributed by atoms with E-state index in [0.29, 0.717) is 5.92 Å². The molecule has 0 aliphatic carbocycles. The van der Waals surface area contributed by atoms with Crippen LogP contribution in [0.4, 0.5) is 0 Å². The molecule has 2 atom stereocenters. The second-order valence-corrected chi connectivity index (χ2v) is 4.39. The maximum atomic E-state index is 11.5. The zero-order valence-corrected chi connectivity index (χ0v) is 11.2. The summed E-state index contributed by atoms with van der Waals surface area (Å²) in [5.41, 5.74) is 0. The lowest BCUT2D eigenvalue weighted by Crippen LogP contribution is -2.22. The molecule has 0 saturated heterocycles. The van der Waals surface area contributed by atoms with Crippen LogP contribution in [0.2, 0.25) is 6.55 Å². The van der Waals surface area contributed by atoms with Crippen LogP contribution in [0.1, 0.15) is 48.5 Å². The van der Waals surface area contributed by atoms with Crippen LogP contribution in [0, 0.1) is 11.8 Å². The Morgan fingerprint density at radius 1 is 1.44 bits per heavy atom. The lowest BCUT2D eigenvalue weighted by Gasteiger charge is -2.18. The lowest BCUT2D eigenvalue weighted by atomic mass is 9.90. The van der Waals surface area contributed by atoms with Gasteiger partial charge in [0.05, 0.1) is 5.92 Å². The van der Waals surface area contributed by atoms with Gasteiger partial charge in [-0.25, -0.2) is 0 Å². The van der Waals surface area contributed by atoms with Crippen molar-refractivity contribution in [1.82, 2.24) is 0 Å². The summed E-state index contributed by atoms with van der Waals surface area (Å²) in [6, 6.07) is 0. The van der Waals surface area contributed by atoms with Crippen LogP contribution in [-0.2, 0) is 9.22 Å². The number of allylic oxidation sites excluding steroid dienone is 2. The molecule has 98 valence electrons. The molecular formula is C13H30O2Si. The minimum absolute atomic E-state index is 0. The molecular weight excluding hydrogens is 216 g/mol. The lowest BCUT2D eigenvalue weighted by molar-refractivity contribution is -0.139. The van der Waals surface area contributed by atoms with Crippen molar-refractivity contribution in [3.05, 3.63) is 12.2 Å². The third-order valence-electron chi connectivity index (χ3n) is 2.36. The molecule has 3 heteroatoms. The van der Waals surface area contributed by atoms with E-state index >= 15 is 0 Å². The predicted octanol–water partition coefficient (Wildman–Crippen LogP) is 3.56. The van der Waals surface area contributed by atoms with E-state index in [0.717, 1.165) is 12.8 Å². The highest BCUT2D eigenvalue weighted by Gasteiger charge is 2.21. The largest absolute Gasteiger partial charge is 0.525 e. The Bertz CT molecular complexity index is 190. The third kappa shape index (κ3) is 7.68. The van der Waals surface area contributed by atoms with E-state index in [1.807, 2.05) is 26.5 Å². The molecule has 0 radical (unpaired) electrons. The SMILES string of the molecule is C.C.C/C=C/[C@@H](CCC)[C@@H](C)C(=O)O[SiH2]C. The maximum Gasteiger partial charge on any atom is 0.295 e. The molecule has 0 spiro atoms. The van der Waals surface area contributed by atoms with Crippen LogP contribution in [-0.4, -0.2) is 15.7 Å². The maximum absolute atomic E-state index is 11.5. The van der Waals surface area contributed by atoms with Crippen molar-refractivity contribution in [1.29, 1.82) is 0 Å². The molecule has 16 heavy (non-hydrogen) atoms. The van der Waals surface area contributed by atoms with Crippen molar-refractivity contribution in [2.75, 3.05) is 0 Å². The van der Waals surface area contributed by atoms with Crippen LogP contribution in [0.3, 0.4) is 0 Å². The fourth-order valence-electron chi connectivity index (χ4n) is 1.54. The van der Waals surface area contributed by atoms with E-state index < -0.39 is 9.76 Å². The Morgan fingerprint density at radius 3 is 2.38 bits per heavy atom. The van der Waals surface area contributed by atoms with E-state index in [2.05, 4.69) is 13.0 Å². The van der Waals surface area contributed by atoms with Gasteiger partial charge in [0.15, 0.2) is 0 Å². The van der Waals surface area contributed by atoms with Crippen LogP contribution in [0.25, 0.3) is 0 Å². The van der Waals surface area contributed by atoms with Gasteiger partial charge in [-0.15, -0.1) is 0 Å². The summed E-state index contributed by atoms with van der Waals surface area (Å²) in [4.78, 5) is 11.5. The standard InChI is InChI=1S/C11H22O2Si.2CH4/c1-5-7-10(8-6-2)9(3)11(12)13-14-4;;/h5,7,9-10H,6,8,14H2,1-4H3;2*1H4/b7-5+;;/t9-,10+;;/m1../s1. The first-order chi connectivity index (χ1) is 6.67. The number of carbonyl (C=O) groups is 1. The average Bonchev–Trinajstić information content (AvgIpc) is 2.17. The van der Waals surface area contributed by atoms with Gasteiger partial charge in [-0.1, -0.05) is 47.3 Å². The van der Waals surface area contributed by atoms with Gasteiger partial charge in [0, 0.05) is 0 Å². The number of hydrogen-bond donors (Lipinski definition) is 0. The first-order valence-corrected chi connectivity index (χ1v) is 7.45. The fraction of sp³-hybridized carbons (Fsp3) is 0.769. The molecule has 0 aromatic heterocycles. The molecule has 0 saturated carbocycles. The Kier molecular flexibility index (Phi) is 16.2. The summed E-state index contributed by atoms with van der Waals surface area (Å²) in [5, 5.41) is 0. The van der Waals surface area contributed by atoms with Crippen LogP contribution >= 0.6 is 0 Å². The highest BCUT2D eigenvalue weighted by Crippen LogP contribution is 2.20. The number of hydrogen-bond acceptors (Lipinski definition) is 2. The van der Waals surface area contributed by atoms with E-state index in [4.69, 9.17) is 4.43 Å². The molecule has 2 nitrogen and oxygen atoms in total. The van der Waals surface area contributed by atoms with Crippen molar-refractivity contribution in [3.8, 4) is 0 Å². The number of carbonyl (C=O) groups excluding carboxylic acids is 1. The van der Waals surface area contributed by atoms with Gasteiger partial charge in [-0.05, 0) is 25.8 Å². The first-order valence-electron chi connectivity index (χ1n) is 5.46. The molecule has 0 aliphatic rings. The Hall–Kier alpha value is -0.573. The Labute approximate surface area is 104 Å². The van der Waals surface area contributed by atoms with Gasteiger partial charge >= 0.3 is 0 Å². The van der Waals surface area contributed by atoms with Crippen LogP contribution < -0.4 is 0 Å². The molecule has 0 fully saturated rings. The van der Waals surface area contributed by atoms with E-state index in [1.165, 1.54) is 0 Å². The summed E-state index contributed by atoms with van der Waals surface area (Å²) in [6.45, 7) is 8.08. The van der Waals surface area contributed by atoms with Gasteiger partial charge in [0.25, 0.3) is 5.97 Å². The second kappa shape index (κ2) is 12.5. The summed E-state index contributed by atoms with van der Waals surface area (Å²) in [5.74, 6) is 0.340. The van der Waals surface area contributed by atoms with Crippen molar-refractivity contribution in [3.63, 3.8) is 0 Å². The van der Waals surface area contributed by atoms with Gasteiger partial charge in [0.1, 0.15) is 0 Å². The zero-order valence-electron chi connectivity index (χ0n) is 9.75. The molecule has 0 rings (SSSR count). The van der Waals surface area contributed by atoms with Crippen LogP contribution in [0.5, 0.6) is 0 Å². The highest BCUT2D eigenvalue weighted by atomic mass is 28.2. The van der Waals surface area contributed by atoms with Crippen molar-refractivity contribution in [2.45, 2.75) is 55.0 Å². The topological polar surface area (TPSA) is 26.3 Å². The minimum Gasteiger partial charge on any atom is -0.525 e. The third-order valence-corrected chi connectivity index (χ3v) is 2.94. The summed E-state index contributed by atoms with van der Waals surface area (Å²) in [7, 11) is -0.610. The zero-order chi connectivity index (χ0) is 11.0. The summed E-state index contributed by atoms with van der Waals surface area (Å²) >= 11 is 0. The molecule has 0 amide bonds. The monoisotopic (exact) mass is 246 g/mol. The normalized spacial score (nSPS) is 14.2. The van der Waals surface area contributed by atoms with Crippen molar-refractivity contribution in [2.24, 2.45) is 11.8 Å². The van der Waals surface area contributed by atoms with E-state index in [1.54, 1.807) is 0 Å². The van der Waals surface area contributed by atoms with Gasteiger partial charge < -0.3 is 4.43 Å². The second-order valence-electron chi connectivity index (χ2n) is 3.52. The summed E-state index contributed by atoms with van der Waals surface area (Å²) in [6.07, 6.45) is 6.31. The molecule has 0 bridgehead atoms. The van der Waals surface area contributed by atoms with Gasteiger partial charge in [-0.2, -0.15) is 0 Å². The summed E-state index contributed by atoms with van der Waals surface area (Å²) < 4.78 is 5.14. The Morgan fingerprint density at radius 2 is 2.00 bits per heavy atom. The predicted molar refractivity (Wildman–Crippen MR) is 76.3 cm³/mol. The molecule has 0 heterocycles. The average molecular weight is 246 g/mol. The molecule has 0 aliphatic heterocycles.